The zero-order valence-corrected chi connectivity index (χ0v) is 11.5. The van der Waals surface area contributed by atoms with E-state index >= 15 is 0 Å². The zero-order chi connectivity index (χ0) is 14.4. The first-order chi connectivity index (χ1) is 9.70. The monoisotopic (exact) mass is 275 g/mol. The van der Waals surface area contributed by atoms with E-state index in [1.165, 1.54) is 6.26 Å². The summed E-state index contributed by atoms with van der Waals surface area (Å²) < 4.78 is 15.7. The number of amides is 1. The lowest BCUT2D eigenvalue weighted by Gasteiger charge is -2.08. The molecule has 0 aliphatic heterocycles. The SMILES string of the molecule is COc1cccc(OCCNC(=O)c2ccoc2C)c1. The molecule has 0 saturated carbocycles. The highest BCUT2D eigenvalue weighted by molar-refractivity contribution is 5.94. The summed E-state index contributed by atoms with van der Waals surface area (Å²) in [6.07, 6.45) is 1.50. The van der Waals surface area contributed by atoms with Crippen molar-refractivity contribution in [1.29, 1.82) is 0 Å². The van der Waals surface area contributed by atoms with Crippen LogP contribution in [0.3, 0.4) is 0 Å². The third kappa shape index (κ3) is 3.54. The lowest BCUT2D eigenvalue weighted by molar-refractivity contribution is 0.0945. The smallest absolute Gasteiger partial charge is 0.254 e. The molecule has 1 heterocycles. The molecule has 2 aromatic rings. The summed E-state index contributed by atoms with van der Waals surface area (Å²) >= 11 is 0. The molecule has 0 saturated heterocycles. The van der Waals surface area contributed by atoms with Crippen molar-refractivity contribution < 1.29 is 18.7 Å². The van der Waals surface area contributed by atoms with Crippen LogP contribution in [0.1, 0.15) is 16.1 Å². The molecule has 0 aliphatic carbocycles. The Hall–Kier alpha value is -2.43. The third-order valence-electron chi connectivity index (χ3n) is 2.80. The first-order valence-corrected chi connectivity index (χ1v) is 6.30. The Kier molecular flexibility index (Phi) is 4.65. The van der Waals surface area contributed by atoms with Gasteiger partial charge in [-0.2, -0.15) is 0 Å². The second-order valence-corrected chi connectivity index (χ2v) is 4.17. The Morgan fingerprint density at radius 3 is 2.80 bits per heavy atom. The number of aryl methyl sites for hydroxylation is 1. The first-order valence-electron chi connectivity index (χ1n) is 6.30. The quantitative estimate of drug-likeness (QED) is 0.822. The van der Waals surface area contributed by atoms with Crippen molar-refractivity contribution in [2.24, 2.45) is 0 Å². The maximum absolute atomic E-state index is 11.8. The van der Waals surface area contributed by atoms with E-state index in [2.05, 4.69) is 5.32 Å². The number of carbonyl (C=O) groups excluding carboxylic acids is 1. The minimum atomic E-state index is -0.162. The number of rotatable bonds is 6. The molecule has 0 spiro atoms. The maximum atomic E-state index is 11.8. The van der Waals surface area contributed by atoms with Crippen molar-refractivity contribution in [3.05, 3.63) is 47.9 Å². The first kappa shape index (κ1) is 14.0. The van der Waals surface area contributed by atoms with Gasteiger partial charge < -0.3 is 19.2 Å². The van der Waals surface area contributed by atoms with E-state index in [0.717, 1.165) is 5.75 Å². The topological polar surface area (TPSA) is 60.7 Å². The highest BCUT2D eigenvalue weighted by atomic mass is 16.5. The predicted octanol–water partition coefficient (Wildman–Crippen LogP) is 2.41. The van der Waals surface area contributed by atoms with E-state index < -0.39 is 0 Å². The van der Waals surface area contributed by atoms with Gasteiger partial charge in [0.1, 0.15) is 23.9 Å². The zero-order valence-electron chi connectivity index (χ0n) is 11.5. The van der Waals surface area contributed by atoms with E-state index in [-0.39, 0.29) is 5.91 Å². The fraction of sp³-hybridized carbons (Fsp3) is 0.267. The van der Waals surface area contributed by atoms with Crippen LogP contribution >= 0.6 is 0 Å². The number of furan rings is 1. The standard InChI is InChI=1S/C15H17NO4/c1-11-14(6-8-19-11)15(17)16-7-9-20-13-5-3-4-12(10-13)18-2/h3-6,8,10H,7,9H2,1-2H3,(H,16,17). The van der Waals surface area contributed by atoms with Crippen LogP contribution in [0.15, 0.2) is 41.0 Å². The van der Waals surface area contributed by atoms with Crippen molar-refractivity contribution in [1.82, 2.24) is 5.32 Å². The van der Waals surface area contributed by atoms with Gasteiger partial charge >= 0.3 is 0 Å². The summed E-state index contributed by atoms with van der Waals surface area (Å²) in [6.45, 7) is 2.55. The maximum Gasteiger partial charge on any atom is 0.254 e. The average Bonchev–Trinajstić information content (AvgIpc) is 2.90. The van der Waals surface area contributed by atoms with Crippen LogP contribution in [0.5, 0.6) is 11.5 Å². The molecule has 1 aromatic heterocycles. The fourth-order valence-electron chi connectivity index (χ4n) is 1.74. The molecular formula is C15H17NO4. The molecule has 0 atom stereocenters. The number of hydrogen-bond donors (Lipinski definition) is 1. The van der Waals surface area contributed by atoms with Crippen LogP contribution in [-0.4, -0.2) is 26.2 Å². The van der Waals surface area contributed by atoms with E-state index in [0.29, 0.717) is 30.2 Å². The van der Waals surface area contributed by atoms with Gasteiger partial charge in [-0.05, 0) is 25.1 Å². The molecule has 2 rings (SSSR count). The van der Waals surface area contributed by atoms with Crippen LogP contribution in [0.2, 0.25) is 0 Å². The van der Waals surface area contributed by atoms with Crippen molar-refractivity contribution in [2.45, 2.75) is 6.92 Å². The fourth-order valence-corrected chi connectivity index (χ4v) is 1.74. The second kappa shape index (κ2) is 6.65. The van der Waals surface area contributed by atoms with Crippen molar-refractivity contribution >= 4 is 5.91 Å². The van der Waals surface area contributed by atoms with E-state index in [9.17, 15) is 4.79 Å². The average molecular weight is 275 g/mol. The summed E-state index contributed by atoms with van der Waals surface area (Å²) in [4.78, 5) is 11.8. The Labute approximate surface area is 117 Å². The minimum Gasteiger partial charge on any atom is -0.497 e. The molecule has 0 radical (unpaired) electrons. The van der Waals surface area contributed by atoms with Crippen molar-refractivity contribution in [3.8, 4) is 11.5 Å². The number of carbonyl (C=O) groups is 1. The van der Waals surface area contributed by atoms with Gasteiger partial charge in [-0.25, -0.2) is 0 Å². The van der Waals surface area contributed by atoms with Crippen LogP contribution < -0.4 is 14.8 Å². The van der Waals surface area contributed by atoms with E-state index in [1.54, 1.807) is 26.2 Å². The number of benzene rings is 1. The largest absolute Gasteiger partial charge is 0.497 e. The lowest BCUT2D eigenvalue weighted by Crippen LogP contribution is -2.28. The number of nitrogens with one attached hydrogen (secondary N) is 1. The molecule has 0 bridgehead atoms. The molecule has 0 aliphatic rings. The second-order valence-electron chi connectivity index (χ2n) is 4.17. The van der Waals surface area contributed by atoms with E-state index in [1.807, 2.05) is 18.2 Å². The summed E-state index contributed by atoms with van der Waals surface area (Å²) in [5.74, 6) is 1.89. The molecule has 106 valence electrons. The van der Waals surface area contributed by atoms with Crippen LogP contribution in [0.4, 0.5) is 0 Å². The van der Waals surface area contributed by atoms with Crippen LogP contribution in [0.25, 0.3) is 0 Å². The third-order valence-corrected chi connectivity index (χ3v) is 2.80. The summed E-state index contributed by atoms with van der Waals surface area (Å²) in [6, 6.07) is 8.97. The van der Waals surface area contributed by atoms with Crippen molar-refractivity contribution in [2.75, 3.05) is 20.3 Å². The van der Waals surface area contributed by atoms with Gasteiger partial charge in [0, 0.05) is 6.07 Å². The predicted molar refractivity (Wildman–Crippen MR) is 74.3 cm³/mol. The van der Waals surface area contributed by atoms with Crippen LogP contribution in [0, 0.1) is 6.92 Å². The molecular weight excluding hydrogens is 258 g/mol. The Morgan fingerprint density at radius 1 is 1.30 bits per heavy atom. The van der Waals surface area contributed by atoms with E-state index in [4.69, 9.17) is 13.9 Å². The number of ether oxygens (including phenoxy) is 2. The van der Waals surface area contributed by atoms with Gasteiger partial charge in [0.05, 0.1) is 25.5 Å². The van der Waals surface area contributed by atoms with Gasteiger partial charge in [0.15, 0.2) is 0 Å². The Morgan fingerprint density at radius 2 is 2.10 bits per heavy atom. The normalized spacial score (nSPS) is 10.1. The van der Waals surface area contributed by atoms with Crippen molar-refractivity contribution in [3.63, 3.8) is 0 Å². The van der Waals surface area contributed by atoms with Gasteiger partial charge in [-0.3, -0.25) is 4.79 Å². The summed E-state index contributed by atoms with van der Waals surface area (Å²) in [7, 11) is 1.60. The molecule has 0 unspecified atom stereocenters. The molecule has 1 amide bonds. The van der Waals surface area contributed by atoms with Gasteiger partial charge in [-0.1, -0.05) is 6.07 Å². The highest BCUT2D eigenvalue weighted by Gasteiger charge is 2.10. The lowest BCUT2D eigenvalue weighted by atomic mass is 10.2. The molecule has 1 N–H and O–H groups in total. The Bertz CT molecular complexity index is 577. The van der Waals surface area contributed by atoms with Crippen LogP contribution in [-0.2, 0) is 0 Å². The molecule has 0 fully saturated rings. The van der Waals surface area contributed by atoms with Gasteiger partial charge in [-0.15, -0.1) is 0 Å². The minimum absolute atomic E-state index is 0.162. The molecule has 1 aromatic carbocycles. The number of methoxy groups -OCH3 is 1. The molecule has 5 heteroatoms. The summed E-state index contributed by atoms with van der Waals surface area (Å²) in [5.41, 5.74) is 0.548. The van der Waals surface area contributed by atoms with Gasteiger partial charge in [0.25, 0.3) is 5.91 Å². The number of hydrogen-bond acceptors (Lipinski definition) is 4. The summed E-state index contributed by atoms with van der Waals surface area (Å²) in [5, 5.41) is 2.77. The highest BCUT2D eigenvalue weighted by Crippen LogP contribution is 2.18. The molecule has 5 nitrogen and oxygen atoms in total. The molecule has 20 heavy (non-hydrogen) atoms. The Balaban J connectivity index is 1.76. The van der Waals surface area contributed by atoms with Gasteiger partial charge in [0.2, 0.25) is 0 Å².